The molecular weight excluding hydrogens is 476 g/mol. The molecule has 0 N–H and O–H groups in total. The van der Waals surface area contributed by atoms with Crippen molar-refractivity contribution in [1.82, 2.24) is 4.90 Å². The molecule has 0 saturated carbocycles. The first kappa shape index (κ1) is 25.6. The van der Waals surface area contributed by atoms with Gasteiger partial charge in [-0.2, -0.15) is 0 Å². The minimum atomic E-state index is -4.05. The van der Waals surface area contributed by atoms with Crippen LogP contribution in [0.3, 0.4) is 0 Å². The first-order valence-electron chi connectivity index (χ1n) is 12.0. The van der Waals surface area contributed by atoms with Gasteiger partial charge >= 0.3 is 0 Å². The standard InChI is InChI=1S/C28H32N2O5S/c1-34-26-14-13-25(20-27(26)35-2)36(32,33)30(24-11-7-4-8-12-24)21-28(31)29-17-15-23(16-18-29)19-22-9-5-3-6-10-22/h3-14,20,23H,15-19,21H2,1-2H3. The molecule has 1 heterocycles. The molecule has 0 aliphatic carbocycles. The van der Waals surface area contributed by atoms with Gasteiger partial charge in [-0.3, -0.25) is 9.10 Å². The molecule has 4 rings (SSSR count). The lowest BCUT2D eigenvalue weighted by Gasteiger charge is -2.34. The third-order valence-corrected chi connectivity index (χ3v) is 8.37. The Morgan fingerprint density at radius 1 is 0.889 bits per heavy atom. The average Bonchev–Trinajstić information content (AvgIpc) is 2.92. The molecule has 1 aliphatic rings. The van der Waals surface area contributed by atoms with Crippen molar-refractivity contribution < 1.29 is 22.7 Å². The van der Waals surface area contributed by atoms with Gasteiger partial charge < -0.3 is 14.4 Å². The van der Waals surface area contributed by atoms with Crippen LogP contribution < -0.4 is 13.8 Å². The quantitative estimate of drug-likeness (QED) is 0.429. The van der Waals surface area contributed by atoms with Crippen molar-refractivity contribution in [2.75, 3.05) is 38.2 Å². The Kier molecular flexibility index (Phi) is 8.15. The summed E-state index contributed by atoms with van der Waals surface area (Å²) in [6.07, 6.45) is 2.79. The van der Waals surface area contributed by atoms with Crippen LogP contribution in [-0.4, -0.2) is 53.1 Å². The van der Waals surface area contributed by atoms with Crippen molar-refractivity contribution in [3.8, 4) is 11.5 Å². The molecule has 0 radical (unpaired) electrons. The Morgan fingerprint density at radius 3 is 2.11 bits per heavy atom. The summed E-state index contributed by atoms with van der Waals surface area (Å²) in [4.78, 5) is 15.1. The van der Waals surface area contributed by atoms with E-state index in [1.54, 1.807) is 35.2 Å². The zero-order valence-electron chi connectivity index (χ0n) is 20.7. The smallest absolute Gasteiger partial charge is 0.264 e. The highest BCUT2D eigenvalue weighted by Gasteiger charge is 2.31. The van der Waals surface area contributed by atoms with Crippen LogP contribution in [0.2, 0.25) is 0 Å². The predicted molar refractivity (Wildman–Crippen MR) is 140 cm³/mol. The summed E-state index contributed by atoms with van der Waals surface area (Å²) in [6.45, 7) is 0.967. The number of sulfonamides is 1. The molecule has 3 aromatic rings. The fourth-order valence-corrected chi connectivity index (χ4v) is 6.00. The number of hydrogen-bond acceptors (Lipinski definition) is 5. The number of likely N-dealkylation sites (tertiary alicyclic amines) is 1. The van der Waals surface area contributed by atoms with Gasteiger partial charge in [-0.25, -0.2) is 8.42 Å². The molecule has 7 nitrogen and oxygen atoms in total. The molecule has 0 unspecified atom stereocenters. The largest absolute Gasteiger partial charge is 0.493 e. The molecule has 1 aliphatic heterocycles. The fraction of sp³-hybridized carbons (Fsp3) is 0.321. The fourth-order valence-electron chi connectivity index (χ4n) is 4.57. The summed E-state index contributed by atoms with van der Waals surface area (Å²) in [7, 11) is -1.10. The van der Waals surface area contributed by atoms with Gasteiger partial charge in [0, 0.05) is 19.2 Å². The molecule has 1 fully saturated rings. The van der Waals surface area contributed by atoms with Crippen molar-refractivity contribution in [2.45, 2.75) is 24.2 Å². The van der Waals surface area contributed by atoms with Crippen LogP contribution in [0.25, 0.3) is 0 Å². The Hall–Kier alpha value is -3.52. The minimum absolute atomic E-state index is 0.0263. The first-order valence-corrected chi connectivity index (χ1v) is 13.5. The monoisotopic (exact) mass is 508 g/mol. The van der Waals surface area contributed by atoms with Gasteiger partial charge in [0.15, 0.2) is 11.5 Å². The van der Waals surface area contributed by atoms with E-state index in [9.17, 15) is 13.2 Å². The zero-order chi connectivity index (χ0) is 25.5. The molecule has 190 valence electrons. The van der Waals surface area contributed by atoms with E-state index in [-0.39, 0.29) is 17.3 Å². The van der Waals surface area contributed by atoms with Crippen LogP contribution in [0.1, 0.15) is 18.4 Å². The molecule has 0 atom stereocenters. The van der Waals surface area contributed by atoms with Gasteiger partial charge in [0.25, 0.3) is 10.0 Å². The molecule has 0 spiro atoms. The number of rotatable bonds is 9. The summed E-state index contributed by atoms with van der Waals surface area (Å²) in [5.41, 5.74) is 1.73. The van der Waals surface area contributed by atoms with E-state index >= 15 is 0 Å². The van der Waals surface area contributed by atoms with Gasteiger partial charge in [0.2, 0.25) is 5.91 Å². The zero-order valence-corrected chi connectivity index (χ0v) is 21.5. The van der Waals surface area contributed by atoms with Gasteiger partial charge in [-0.15, -0.1) is 0 Å². The maximum Gasteiger partial charge on any atom is 0.264 e. The van der Waals surface area contributed by atoms with Gasteiger partial charge in [0.05, 0.1) is 24.8 Å². The lowest BCUT2D eigenvalue weighted by atomic mass is 9.90. The van der Waals surface area contributed by atoms with Gasteiger partial charge in [0.1, 0.15) is 6.54 Å². The van der Waals surface area contributed by atoms with Crippen molar-refractivity contribution in [1.29, 1.82) is 0 Å². The van der Waals surface area contributed by atoms with Crippen LogP contribution in [0.4, 0.5) is 5.69 Å². The number of piperidine rings is 1. The molecule has 1 saturated heterocycles. The Balaban J connectivity index is 1.51. The molecule has 8 heteroatoms. The number of methoxy groups -OCH3 is 2. The van der Waals surface area contributed by atoms with Crippen LogP contribution in [-0.2, 0) is 21.2 Å². The number of para-hydroxylation sites is 1. The van der Waals surface area contributed by atoms with Crippen LogP contribution in [0, 0.1) is 5.92 Å². The summed E-state index contributed by atoms with van der Waals surface area (Å²) < 4.78 is 39.2. The highest BCUT2D eigenvalue weighted by atomic mass is 32.2. The summed E-state index contributed by atoms with van der Waals surface area (Å²) in [5.74, 6) is 1.04. The second-order valence-corrected chi connectivity index (χ2v) is 10.7. The molecule has 0 bridgehead atoms. The topological polar surface area (TPSA) is 76.2 Å². The van der Waals surface area contributed by atoms with Gasteiger partial charge in [-0.05, 0) is 55.0 Å². The predicted octanol–water partition coefficient (Wildman–Crippen LogP) is 4.38. The second-order valence-electron chi connectivity index (χ2n) is 8.88. The normalized spacial score (nSPS) is 14.3. The molecular formula is C28H32N2O5S. The van der Waals surface area contributed by atoms with Crippen molar-refractivity contribution >= 4 is 21.6 Å². The molecule has 1 amide bonds. The highest BCUT2D eigenvalue weighted by molar-refractivity contribution is 7.92. The number of carbonyl (C=O) groups is 1. The lowest BCUT2D eigenvalue weighted by molar-refractivity contribution is -0.130. The number of amides is 1. The average molecular weight is 509 g/mol. The van der Waals surface area contributed by atoms with Crippen LogP contribution in [0.15, 0.2) is 83.8 Å². The van der Waals surface area contributed by atoms with Crippen LogP contribution in [0.5, 0.6) is 11.5 Å². The molecule has 36 heavy (non-hydrogen) atoms. The third kappa shape index (κ3) is 5.82. The van der Waals surface area contributed by atoms with Gasteiger partial charge in [-0.1, -0.05) is 48.5 Å². The van der Waals surface area contributed by atoms with E-state index in [1.807, 2.05) is 24.3 Å². The Labute approximate surface area is 213 Å². The SMILES string of the molecule is COc1ccc(S(=O)(=O)N(CC(=O)N2CCC(Cc3ccccc3)CC2)c2ccccc2)cc1OC. The van der Waals surface area contributed by atoms with Crippen molar-refractivity contribution in [3.63, 3.8) is 0 Å². The second kappa shape index (κ2) is 11.5. The van der Waals surface area contributed by atoms with E-state index in [4.69, 9.17) is 9.47 Å². The van der Waals surface area contributed by atoms with Crippen molar-refractivity contribution in [3.05, 3.63) is 84.4 Å². The van der Waals surface area contributed by atoms with Crippen LogP contribution >= 0.6 is 0 Å². The molecule has 3 aromatic carbocycles. The highest BCUT2D eigenvalue weighted by Crippen LogP contribution is 2.32. The summed E-state index contributed by atoms with van der Waals surface area (Å²) in [5, 5.41) is 0. The van der Waals surface area contributed by atoms with E-state index in [0.29, 0.717) is 36.2 Å². The number of carbonyl (C=O) groups excluding carboxylic acids is 1. The number of hydrogen-bond donors (Lipinski definition) is 0. The number of ether oxygens (including phenoxy) is 2. The van der Waals surface area contributed by atoms with E-state index in [2.05, 4.69) is 12.1 Å². The maximum absolute atomic E-state index is 13.7. The Bertz CT molecular complexity index is 1260. The minimum Gasteiger partial charge on any atom is -0.493 e. The number of nitrogens with zero attached hydrogens (tertiary/aromatic N) is 2. The van der Waals surface area contributed by atoms with E-state index in [1.165, 1.54) is 36.2 Å². The number of anilines is 1. The summed E-state index contributed by atoms with van der Waals surface area (Å²) in [6, 6.07) is 23.5. The Morgan fingerprint density at radius 2 is 1.50 bits per heavy atom. The molecule has 0 aromatic heterocycles. The summed E-state index contributed by atoms with van der Waals surface area (Å²) >= 11 is 0. The van der Waals surface area contributed by atoms with E-state index < -0.39 is 10.0 Å². The number of benzene rings is 3. The third-order valence-electron chi connectivity index (χ3n) is 6.60. The maximum atomic E-state index is 13.7. The van der Waals surface area contributed by atoms with Crippen molar-refractivity contribution in [2.24, 2.45) is 5.92 Å². The lowest BCUT2D eigenvalue weighted by Crippen LogP contribution is -2.46. The van der Waals surface area contributed by atoms with E-state index in [0.717, 1.165) is 19.3 Å². The first-order chi connectivity index (χ1) is 17.4.